The summed E-state index contributed by atoms with van der Waals surface area (Å²) >= 11 is 0. The van der Waals surface area contributed by atoms with E-state index in [1.54, 1.807) is 0 Å². The van der Waals surface area contributed by atoms with Crippen molar-refractivity contribution in [3.63, 3.8) is 0 Å². The van der Waals surface area contributed by atoms with Gasteiger partial charge < -0.3 is 20.8 Å². The first-order valence-corrected chi connectivity index (χ1v) is 12.8. The molecule has 0 aliphatic heterocycles. The van der Waals surface area contributed by atoms with Crippen LogP contribution in [0.1, 0.15) is 123 Å². The molecule has 0 aliphatic rings. The smallest absolute Gasteiger partial charge is 0.322 e. The first kappa shape index (κ1) is 33.1. The molecule has 0 aromatic carbocycles. The molecule has 0 bridgehead atoms. The Kier molecular flexibility index (Phi) is 26.2. The molecule has 0 heterocycles. The third-order valence-electron chi connectivity index (χ3n) is 5.18. The Morgan fingerprint density at radius 3 is 1.21 bits per heavy atom. The molecule has 0 aromatic heterocycles. The molecule has 0 spiro atoms. The van der Waals surface area contributed by atoms with Gasteiger partial charge in [-0.05, 0) is 19.8 Å². The number of unbranched alkanes of at least 4 members (excludes halogenated alkanes) is 13. The van der Waals surface area contributed by atoms with Crippen molar-refractivity contribution in [2.45, 2.75) is 123 Å². The molecule has 0 radical (unpaired) electrons. The van der Waals surface area contributed by atoms with Gasteiger partial charge in [0.05, 0.1) is 0 Å². The van der Waals surface area contributed by atoms with Gasteiger partial charge in [0.2, 0.25) is 11.8 Å². The van der Waals surface area contributed by atoms with E-state index in [1.807, 2.05) is 13.8 Å². The number of amides is 2. The fourth-order valence-corrected chi connectivity index (χ4v) is 3.27. The summed E-state index contributed by atoms with van der Waals surface area (Å²) in [5.41, 5.74) is 0. The van der Waals surface area contributed by atoms with E-state index in [0.29, 0.717) is 19.3 Å². The largest absolute Gasteiger partial charge is 0.481 e. The molecular weight excluding hydrogens is 424 g/mol. The van der Waals surface area contributed by atoms with E-state index in [2.05, 4.69) is 10.6 Å². The number of hydrogen-bond acceptors (Lipinski definition) is 4. The lowest BCUT2D eigenvalue weighted by Crippen LogP contribution is -2.28. The lowest BCUT2D eigenvalue weighted by molar-refractivity contribution is -0.138. The van der Waals surface area contributed by atoms with Gasteiger partial charge >= 0.3 is 11.9 Å². The second-order valence-electron chi connectivity index (χ2n) is 8.32. The monoisotopic (exact) mass is 472 g/mol. The number of carboxylic acids is 2. The fraction of sp³-hybridized carbons (Fsp3) is 0.840. The van der Waals surface area contributed by atoms with Gasteiger partial charge in [0, 0.05) is 25.8 Å². The van der Waals surface area contributed by atoms with Crippen molar-refractivity contribution in [2.24, 2.45) is 0 Å². The minimum absolute atomic E-state index is 0.127. The third-order valence-corrected chi connectivity index (χ3v) is 5.18. The summed E-state index contributed by atoms with van der Waals surface area (Å²) in [6.07, 6.45) is 17.4. The Morgan fingerprint density at radius 1 is 0.515 bits per heavy atom. The summed E-state index contributed by atoms with van der Waals surface area (Å²) in [6, 6.07) is 0. The minimum Gasteiger partial charge on any atom is -0.481 e. The number of carboxylic acid groups (broad SMARTS) is 2. The van der Waals surface area contributed by atoms with Crippen LogP contribution in [-0.2, 0) is 19.2 Å². The lowest BCUT2D eigenvalue weighted by atomic mass is 10.0. The number of aliphatic carboxylic acids is 2. The molecule has 33 heavy (non-hydrogen) atoms. The second kappa shape index (κ2) is 26.1. The molecule has 0 rings (SSSR count). The average molecular weight is 473 g/mol. The highest BCUT2D eigenvalue weighted by molar-refractivity contribution is 5.80. The SMILES string of the molecule is CCNC(=O)CC.O=C(O)CCCCCCCCCCCCCCCCC(=O)NCC(=O)O. The van der Waals surface area contributed by atoms with E-state index in [9.17, 15) is 19.2 Å². The summed E-state index contributed by atoms with van der Waals surface area (Å²) < 4.78 is 0. The molecule has 4 N–H and O–H groups in total. The maximum Gasteiger partial charge on any atom is 0.322 e. The highest BCUT2D eigenvalue weighted by Gasteiger charge is 2.03. The summed E-state index contributed by atoms with van der Waals surface area (Å²) in [7, 11) is 0. The van der Waals surface area contributed by atoms with Crippen LogP contribution in [0.25, 0.3) is 0 Å². The zero-order chi connectivity index (χ0) is 25.2. The number of nitrogens with one attached hydrogen (secondary N) is 2. The second-order valence-corrected chi connectivity index (χ2v) is 8.32. The number of carbonyl (C=O) groups excluding carboxylic acids is 2. The molecule has 0 aliphatic carbocycles. The van der Waals surface area contributed by atoms with Crippen LogP contribution in [-0.4, -0.2) is 47.1 Å². The summed E-state index contributed by atoms with van der Waals surface area (Å²) in [6.45, 7) is 4.20. The van der Waals surface area contributed by atoms with Crippen LogP contribution in [0.15, 0.2) is 0 Å². The first-order valence-electron chi connectivity index (χ1n) is 12.8. The number of carbonyl (C=O) groups is 4. The maximum absolute atomic E-state index is 11.3. The molecule has 0 fully saturated rings. The predicted octanol–water partition coefficient (Wildman–Crippen LogP) is 5.05. The van der Waals surface area contributed by atoms with Crippen molar-refractivity contribution in [1.82, 2.24) is 10.6 Å². The molecule has 8 nitrogen and oxygen atoms in total. The van der Waals surface area contributed by atoms with E-state index < -0.39 is 11.9 Å². The Bertz CT molecular complexity index is 511. The summed E-state index contributed by atoms with van der Waals surface area (Å²) in [5.74, 6) is -1.74. The molecule has 0 saturated heterocycles. The quantitative estimate of drug-likeness (QED) is 0.173. The lowest BCUT2D eigenvalue weighted by Gasteiger charge is -2.04. The van der Waals surface area contributed by atoms with Gasteiger partial charge in [0.25, 0.3) is 0 Å². The van der Waals surface area contributed by atoms with E-state index >= 15 is 0 Å². The van der Waals surface area contributed by atoms with E-state index in [-0.39, 0.29) is 18.4 Å². The molecular formula is C25H48N2O6. The predicted molar refractivity (Wildman–Crippen MR) is 131 cm³/mol. The van der Waals surface area contributed by atoms with Gasteiger partial charge in [-0.25, -0.2) is 0 Å². The van der Waals surface area contributed by atoms with Gasteiger partial charge in [-0.1, -0.05) is 84.0 Å². The molecule has 0 saturated carbocycles. The fourth-order valence-electron chi connectivity index (χ4n) is 3.27. The van der Waals surface area contributed by atoms with Gasteiger partial charge in [0.15, 0.2) is 0 Å². The van der Waals surface area contributed by atoms with Crippen LogP contribution < -0.4 is 10.6 Å². The van der Waals surface area contributed by atoms with Crippen molar-refractivity contribution >= 4 is 23.8 Å². The highest BCUT2D eigenvalue weighted by Crippen LogP contribution is 2.13. The first-order chi connectivity index (χ1) is 15.8. The molecule has 8 heteroatoms. The van der Waals surface area contributed by atoms with Gasteiger partial charge in [-0.2, -0.15) is 0 Å². The molecule has 0 atom stereocenters. The minimum atomic E-state index is -1.01. The zero-order valence-electron chi connectivity index (χ0n) is 21.0. The van der Waals surface area contributed by atoms with Crippen LogP contribution in [0.4, 0.5) is 0 Å². The van der Waals surface area contributed by atoms with Crippen LogP contribution in [0.5, 0.6) is 0 Å². The standard InChI is InChI=1S/C20H37NO5.C5H11NO/c22-18(21-17-20(25)26)15-13-11-9-7-5-3-1-2-4-6-8-10-12-14-16-19(23)24;1-3-5(7)6-4-2/h1-17H2,(H,21,22)(H,23,24)(H,25,26);3-4H2,1-2H3,(H,6,7). The Hall–Kier alpha value is -2.12. The Balaban J connectivity index is 0. The molecule has 2 amide bonds. The molecule has 0 aromatic rings. The van der Waals surface area contributed by atoms with E-state index in [1.165, 1.54) is 51.4 Å². The average Bonchev–Trinajstić information content (AvgIpc) is 2.77. The topological polar surface area (TPSA) is 133 Å². The van der Waals surface area contributed by atoms with Crippen LogP contribution in [0, 0.1) is 0 Å². The van der Waals surface area contributed by atoms with Crippen LogP contribution in [0.3, 0.4) is 0 Å². The number of hydrogen-bond donors (Lipinski definition) is 4. The normalized spacial score (nSPS) is 10.1. The van der Waals surface area contributed by atoms with Gasteiger partial charge in [-0.15, -0.1) is 0 Å². The van der Waals surface area contributed by atoms with Crippen molar-refractivity contribution < 1.29 is 29.4 Å². The third kappa shape index (κ3) is 32.1. The number of rotatable bonds is 21. The van der Waals surface area contributed by atoms with Crippen molar-refractivity contribution in [2.75, 3.05) is 13.1 Å². The van der Waals surface area contributed by atoms with Crippen molar-refractivity contribution in [3.8, 4) is 0 Å². The van der Waals surface area contributed by atoms with E-state index in [4.69, 9.17) is 10.2 Å². The highest BCUT2D eigenvalue weighted by atomic mass is 16.4. The Labute approximate surface area is 200 Å². The van der Waals surface area contributed by atoms with Gasteiger partial charge in [0.1, 0.15) is 6.54 Å². The molecule has 194 valence electrons. The van der Waals surface area contributed by atoms with Crippen LogP contribution >= 0.6 is 0 Å². The summed E-state index contributed by atoms with van der Waals surface area (Å²) in [4.78, 5) is 42.3. The van der Waals surface area contributed by atoms with Crippen molar-refractivity contribution in [1.29, 1.82) is 0 Å². The maximum atomic E-state index is 11.3. The molecule has 0 unspecified atom stereocenters. The van der Waals surface area contributed by atoms with Crippen molar-refractivity contribution in [3.05, 3.63) is 0 Å². The van der Waals surface area contributed by atoms with Crippen LogP contribution in [0.2, 0.25) is 0 Å². The van der Waals surface area contributed by atoms with E-state index in [0.717, 1.165) is 45.1 Å². The zero-order valence-corrected chi connectivity index (χ0v) is 21.0. The Morgan fingerprint density at radius 2 is 0.909 bits per heavy atom. The summed E-state index contributed by atoms with van der Waals surface area (Å²) in [5, 5.41) is 22.0. The van der Waals surface area contributed by atoms with Gasteiger partial charge in [-0.3, -0.25) is 19.2 Å².